The molecule has 92 valence electrons. The Kier molecular flexibility index (Phi) is 3.04. The van der Waals surface area contributed by atoms with Gasteiger partial charge in [0.15, 0.2) is 0 Å². The van der Waals surface area contributed by atoms with Crippen LogP contribution >= 0.6 is 0 Å². The second kappa shape index (κ2) is 4.67. The molecule has 1 saturated heterocycles. The number of nitrogens with two attached hydrogens (primary N) is 1. The fourth-order valence-electron chi connectivity index (χ4n) is 2.74. The van der Waals surface area contributed by atoms with E-state index in [0.29, 0.717) is 6.10 Å². The minimum Gasteiger partial charge on any atom is -0.490 e. The Bertz CT molecular complexity index is 399. The maximum Gasteiger partial charge on any atom is 0.123 e. The molecule has 2 aliphatic rings. The Morgan fingerprint density at radius 3 is 2.82 bits per heavy atom. The maximum absolute atomic E-state index is 6.11. The Morgan fingerprint density at radius 1 is 1.18 bits per heavy atom. The third kappa shape index (κ3) is 2.17. The smallest absolute Gasteiger partial charge is 0.123 e. The zero-order valence-corrected chi connectivity index (χ0v) is 10.0. The van der Waals surface area contributed by atoms with E-state index in [2.05, 4.69) is 18.2 Å². The van der Waals surface area contributed by atoms with Gasteiger partial charge in [-0.05, 0) is 30.0 Å². The quantitative estimate of drug-likeness (QED) is 0.851. The summed E-state index contributed by atoms with van der Waals surface area (Å²) in [5.74, 6) is 1.04. The molecule has 0 bridgehead atoms. The van der Waals surface area contributed by atoms with Crippen molar-refractivity contribution in [1.29, 1.82) is 0 Å². The third-order valence-electron chi connectivity index (χ3n) is 3.74. The fourth-order valence-corrected chi connectivity index (χ4v) is 2.74. The van der Waals surface area contributed by atoms with Gasteiger partial charge >= 0.3 is 0 Å². The van der Waals surface area contributed by atoms with Crippen LogP contribution < -0.4 is 10.5 Å². The van der Waals surface area contributed by atoms with Gasteiger partial charge in [0.05, 0.1) is 13.2 Å². The average molecular weight is 233 g/mol. The van der Waals surface area contributed by atoms with Crippen LogP contribution in [0, 0.1) is 0 Å². The number of ether oxygens (including phenoxy) is 2. The van der Waals surface area contributed by atoms with Crippen LogP contribution in [0.3, 0.4) is 0 Å². The van der Waals surface area contributed by atoms with Gasteiger partial charge in [0, 0.05) is 18.9 Å². The van der Waals surface area contributed by atoms with E-state index in [-0.39, 0.29) is 6.04 Å². The Hall–Kier alpha value is -1.06. The highest BCUT2D eigenvalue weighted by atomic mass is 16.5. The molecule has 1 fully saturated rings. The summed E-state index contributed by atoms with van der Waals surface area (Å²) in [4.78, 5) is 0. The summed E-state index contributed by atoms with van der Waals surface area (Å²) >= 11 is 0. The van der Waals surface area contributed by atoms with E-state index in [4.69, 9.17) is 15.2 Å². The molecule has 0 amide bonds. The fraction of sp³-hybridized carbons (Fsp3) is 0.571. The van der Waals surface area contributed by atoms with Gasteiger partial charge in [-0.15, -0.1) is 0 Å². The molecule has 1 atom stereocenters. The van der Waals surface area contributed by atoms with Crippen LogP contribution in [-0.4, -0.2) is 19.3 Å². The lowest BCUT2D eigenvalue weighted by Crippen LogP contribution is -2.26. The largest absolute Gasteiger partial charge is 0.490 e. The van der Waals surface area contributed by atoms with Gasteiger partial charge < -0.3 is 15.2 Å². The molecule has 1 heterocycles. The first-order valence-electron chi connectivity index (χ1n) is 6.46. The van der Waals surface area contributed by atoms with E-state index >= 15 is 0 Å². The molecule has 3 rings (SSSR count). The summed E-state index contributed by atoms with van der Waals surface area (Å²) in [7, 11) is 0. The van der Waals surface area contributed by atoms with Gasteiger partial charge in [-0.2, -0.15) is 0 Å². The van der Waals surface area contributed by atoms with E-state index in [1.807, 2.05) is 0 Å². The molecule has 3 heteroatoms. The Morgan fingerprint density at radius 2 is 2.00 bits per heavy atom. The highest BCUT2D eigenvalue weighted by Gasteiger charge is 2.24. The zero-order valence-electron chi connectivity index (χ0n) is 10.0. The van der Waals surface area contributed by atoms with E-state index in [0.717, 1.165) is 44.6 Å². The highest BCUT2D eigenvalue weighted by molar-refractivity contribution is 5.45. The summed E-state index contributed by atoms with van der Waals surface area (Å²) in [5, 5.41) is 0. The van der Waals surface area contributed by atoms with E-state index in [9.17, 15) is 0 Å². The summed E-state index contributed by atoms with van der Waals surface area (Å²) < 4.78 is 11.5. The first-order chi connectivity index (χ1) is 8.34. The van der Waals surface area contributed by atoms with Crippen LogP contribution in [0.5, 0.6) is 5.75 Å². The van der Waals surface area contributed by atoms with Crippen molar-refractivity contribution in [3.05, 3.63) is 29.3 Å². The second-order valence-corrected chi connectivity index (χ2v) is 4.90. The molecule has 1 aromatic carbocycles. The molecule has 1 aromatic rings. The molecule has 0 radical (unpaired) electrons. The van der Waals surface area contributed by atoms with Gasteiger partial charge in [-0.25, -0.2) is 0 Å². The number of benzene rings is 1. The van der Waals surface area contributed by atoms with Crippen molar-refractivity contribution >= 4 is 0 Å². The standard InChI is InChI=1S/C14H19NO2/c15-13-5-4-12-11(13)2-1-3-14(12)17-10-6-8-16-9-7-10/h1-3,10,13H,4-9,15H2. The van der Waals surface area contributed by atoms with Crippen molar-refractivity contribution in [2.24, 2.45) is 5.73 Å². The molecule has 0 spiro atoms. The first kappa shape index (κ1) is 11.1. The van der Waals surface area contributed by atoms with Crippen molar-refractivity contribution in [2.75, 3.05) is 13.2 Å². The van der Waals surface area contributed by atoms with Crippen LogP contribution in [0.25, 0.3) is 0 Å². The summed E-state index contributed by atoms with van der Waals surface area (Å²) in [6, 6.07) is 6.46. The van der Waals surface area contributed by atoms with E-state index < -0.39 is 0 Å². The molecule has 1 aliphatic carbocycles. The molecular weight excluding hydrogens is 214 g/mol. The average Bonchev–Trinajstić information content (AvgIpc) is 2.74. The van der Waals surface area contributed by atoms with Crippen LogP contribution in [0.2, 0.25) is 0 Å². The third-order valence-corrected chi connectivity index (χ3v) is 3.74. The lowest BCUT2D eigenvalue weighted by molar-refractivity contribution is 0.0252. The van der Waals surface area contributed by atoms with Crippen molar-refractivity contribution in [2.45, 2.75) is 37.8 Å². The van der Waals surface area contributed by atoms with Crippen LogP contribution in [0.4, 0.5) is 0 Å². The zero-order chi connectivity index (χ0) is 11.7. The Labute approximate surface area is 102 Å². The molecule has 2 N–H and O–H groups in total. The van der Waals surface area contributed by atoms with Crippen molar-refractivity contribution in [1.82, 2.24) is 0 Å². The molecule has 17 heavy (non-hydrogen) atoms. The van der Waals surface area contributed by atoms with Crippen molar-refractivity contribution < 1.29 is 9.47 Å². The molecule has 3 nitrogen and oxygen atoms in total. The molecular formula is C14H19NO2. The number of hydrogen-bond acceptors (Lipinski definition) is 3. The predicted molar refractivity (Wildman–Crippen MR) is 66.2 cm³/mol. The topological polar surface area (TPSA) is 44.5 Å². The van der Waals surface area contributed by atoms with Gasteiger partial charge in [-0.1, -0.05) is 12.1 Å². The SMILES string of the molecule is NC1CCc2c(OC3CCOCC3)cccc21. The summed E-state index contributed by atoms with van der Waals surface area (Å²) in [6.07, 6.45) is 4.40. The van der Waals surface area contributed by atoms with Gasteiger partial charge in [-0.3, -0.25) is 0 Å². The Balaban J connectivity index is 1.79. The second-order valence-electron chi connectivity index (χ2n) is 4.90. The molecule has 0 saturated carbocycles. The van der Waals surface area contributed by atoms with E-state index in [1.54, 1.807) is 0 Å². The van der Waals surface area contributed by atoms with Gasteiger partial charge in [0.25, 0.3) is 0 Å². The van der Waals surface area contributed by atoms with Gasteiger partial charge in [0.2, 0.25) is 0 Å². The number of fused-ring (bicyclic) bond motifs is 1. The van der Waals surface area contributed by atoms with E-state index in [1.165, 1.54) is 11.1 Å². The molecule has 1 aliphatic heterocycles. The van der Waals surface area contributed by atoms with Crippen LogP contribution in [0.1, 0.15) is 36.4 Å². The maximum atomic E-state index is 6.11. The van der Waals surface area contributed by atoms with Gasteiger partial charge in [0.1, 0.15) is 11.9 Å². The summed E-state index contributed by atoms with van der Waals surface area (Å²) in [6.45, 7) is 1.64. The normalized spacial score (nSPS) is 24.6. The van der Waals surface area contributed by atoms with Crippen molar-refractivity contribution in [3.63, 3.8) is 0 Å². The number of rotatable bonds is 2. The first-order valence-corrected chi connectivity index (χ1v) is 6.46. The van der Waals surface area contributed by atoms with Crippen molar-refractivity contribution in [3.8, 4) is 5.75 Å². The monoisotopic (exact) mass is 233 g/mol. The lowest BCUT2D eigenvalue weighted by Gasteiger charge is -2.24. The predicted octanol–water partition coefficient (Wildman–Crippen LogP) is 2.19. The minimum atomic E-state index is 0.197. The van der Waals surface area contributed by atoms with Crippen LogP contribution in [-0.2, 0) is 11.2 Å². The highest BCUT2D eigenvalue weighted by Crippen LogP contribution is 2.36. The summed E-state index contributed by atoms with van der Waals surface area (Å²) in [5.41, 5.74) is 8.67. The minimum absolute atomic E-state index is 0.197. The van der Waals surface area contributed by atoms with Crippen LogP contribution in [0.15, 0.2) is 18.2 Å². The molecule has 1 unspecified atom stereocenters. The number of hydrogen-bond donors (Lipinski definition) is 1. The molecule has 0 aromatic heterocycles. The lowest BCUT2D eigenvalue weighted by atomic mass is 10.1.